The molecule has 2 heterocycles. The summed E-state index contributed by atoms with van der Waals surface area (Å²) in [5, 5.41) is 21.3. The molecule has 0 bridgehead atoms. The summed E-state index contributed by atoms with van der Waals surface area (Å²) in [5.74, 6) is -1.06. The maximum Gasteiger partial charge on any atom is 0.512 e. The summed E-state index contributed by atoms with van der Waals surface area (Å²) in [6.45, 7) is 4.98. The molecule has 2 aliphatic heterocycles. The summed E-state index contributed by atoms with van der Waals surface area (Å²) in [6.07, 6.45) is -0.414. The summed E-state index contributed by atoms with van der Waals surface area (Å²) in [5.41, 5.74) is -1.19. The van der Waals surface area contributed by atoms with Crippen molar-refractivity contribution in [3.63, 3.8) is 0 Å². The topological polar surface area (TPSA) is 116 Å². The van der Waals surface area contributed by atoms with Crippen molar-refractivity contribution in [1.29, 1.82) is 0 Å². The number of ether oxygens (including phenoxy) is 1. The highest BCUT2D eigenvalue weighted by Gasteiger charge is 2.60. The third-order valence-electron chi connectivity index (χ3n) is 3.66. The van der Waals surface area contributed by atoms with E-state index in [1.165, 1.54) is 23.6 Å². The fourth-order valence-corrected chi connectivity index (χ4v) is 4.34. The average Bonchev–Trinajstić information content (AvgIpc) is 2.65. The molecular weight excluding hydrogens is 324 g/mol. The number of hydrogen-bond acceptors (Lipinski definition) is 6. The Morgan fingerprint density at radius 2 is 2.09 bits per heavy atom. The smallest absolute Gasteiger partial charge is 0.449 e. The van der Waals surface area contributed by atoms with E-state index in [4.69, 9.17) is 9.84 Å². The maximum absolute atomic E-state index is 12.2. The highest BCUT2D eigenvalue weighted by Crippen LogP contribution is 2.53. The van der Waals surface area contributed by atoms with Crippen LogP contribution in [-0.4, -0.2) is 50.6 Å². The Bertz CT molecular complexity index is 568. The zero-order chi connectivity index (χ0) is 17.4. The zero-order valence-corrected chi connectivity index (χ0v) is 14.0. The molecular formula is C14H20N2O6S. The van der Waals surface area contributed by atoms with Crippen molar-refractivity contribution in [3.05, 3.63) is 10.8 Å². The van der Waals surface area contributed by atoms with Crippen molar-refractivity contribution >= 4 is 29.7 Å². The van der Waals surface area contributed by atoms with Crippen LogP contribution in [0, 0.1) is 5.92 Å². The van der Waals surface area contributed by atoms with Crippen LogP contribution in [0.1, 0.15) is 33.6 Å². The number of fused-ring (bicyclic) bond motifs is 1. The van der Waals surface area contributed by atoms with Crippen molar-refractivity contribution in [2.24, 2.45) is 5.92 Å². The number of carbonyl (C=O) groups excluding carboxylic acids is 2. The number of amides is 2. The first-order valence-corrected chi connectivity index (χ1v) is 8.11. The Morgan fingerprint density at radius 3 is 2.61 bits per heavy atom. The first kappa shape index (κ1) is 17.6. The van der Waals surface area contributed by atoms with Gasteiger partial charge in [-0.2, -0.15) is 0 Å². The molecule has 0 aromatic carbocycles. The number of hydrogen-bond donors (Lipinski definition) is 3. The van der Waals surface area contributed by atoms with Gasteiger partial charge in [-0.05, 0) is 26.7 Å². The molecule has 8 nitrogen and oxygen atoms in total. The van der Waals surface area contributed by atoms with Gasteiger partial charge in [0.2, 0.25) is 17.7 Å². The van der Waals surface area contributed by atoms with Crippen LogP contribution in [0.25, 0.3) is 0 Å². The molecule has 0 aliphatic carbocycles. The molecule has 2 rings (SSSR count). The van der Waals surface area contributed by atoms with Gasteiger partial charge in [0.15, 0.2) is 0 Å². The second kappa shape index (κ2) is 6.40. The van der Waals surface area contributed by atoms with E-state index < -0.39 is 17.7 Å². The molecule has 0 radical (unpaired) electrons. The van der Waals surface area contributed by atoms with Crippen LogP contribution in [0.3, 0.4) is 0 Å². The van der Waals surface area contributed by atoms with Crippen molar-refractivity contribution in [3.8, 4) is 0 Å². The van der Waals surface area contributed by atoms with Gasteiger partial charge in [-0.3, -0.25) is 14.5 Å². The first-order valence-electron chi connectivity index (χ1n) is 7.23. The molecule has 2 amide bonds. The Labute approximate surface area is 137 Å². The van der Waals surface area contributed by atoms with Crippen LogP contribution >= 0.6 is 11.8 Å². The Hall–Kier alpha value is -1.74. The highest BCUT2D eigenvalue weighted by molar-refractivity contribution is 8.04. The molecule has 128 valence electrons. The number of nitrogens with zero attached hydrogens (tertiary/aromatic N) is 1. The summed E-state index contributed by atoms with van der Waals surface area (Å²) < 4.78 is 4.78. The lowest BCUT2D eigenvalue weighted by Crippen LogP contribution is -2.63. The zero-order valence-electron chi connectivity index (χ0n) is 13.2. The molecule has 0 aromatic heterocycles. The summed E-state index contributed by atoms with van der Waals surface area (Å²) in [6, 6.07) is 0. The second-order valence-corrected chi connectivity index (χ2v) is 7.24. The molecule has 0 aromatic rings. The van der Waals surface area contributed by atoms with Crippen LogP contribution in [0.5, 0.6) is 0 Å². The predicted molar refractivity (Wildman–Crippen MR) is 82.1 cm³/mol. The van der Waals surface area contributed by atoms with Crippen molar-refractivity contribution < 1.29 is 29.3 Å². The molecule has 0 saturated carbocycles. The van der Waals surface area contributed by atoms with E-state index >= 15 is 0 Å². The number of aliphatic hydroxyl groups is 1. The van der Waals surface area contributed by atoms with Crippen molar-refractivity contribution in [2.45, 2.75) is 44.6 Å². The minimum absolute atomic E-state index is 0.0285. The summed E-state index contributed by atoms with van der Waals surface area (Å²) in [7, 11) is 0. The molecule has 23 heavy (non-hydrogen) atoms. The van der Waals surface area contributed by atoms with Gasteiger partial charge in [-0.1, -0.05) is 11.8 Å². The normalized spacial score (nSPS) is 23.5. The van der Waals surface area contributed by atoms with Crippen LogP contribution in [0.15, 0.2) is 10.8 Å². The van der Waals surface area contributed by atoms with Crippen molar-refractivity contribution in [1.82, 2.24) is 10.2 Å². The average molecular weight is 344 g/mol. The molecule has 2 atom stereocenters. The van der Waals surface area contributed by atoms with Gasteiger partial charge in [0, 0.05) is 18.4 Å². The fraction of sp³-hybridized carbons (Fsp3) is 0.643. The lowest BCUT2D eigenvalue weighted by molar-refractivity contribution is -0.163. The number of rotatable bonds is 6. The van der Waals surface area contributed by atoms with Gasteiger partial charge in [0.25, 0.3) is 0 Å². The van der Waals surface area contributed by atoms with Gasteiger partial charge in [0.1, 0.15) is 5.37 Å². The van der Waals surface area contributed by atoms with Crippen LogP contribution < -0.4 is 5.32 Å². The lowest BCUT2D eigenvalue weighted by atomic mass is 9.83. The van der Waals surface area contributed by atoms with E-state index in [-0.39, 0.29) is 23.1 Å². The number of β-lactam (4-membered cyclic amide) rings is 1. The number of carbonyl (C=O) groups is 3. The fourth-order valence-electron chi connectivity index (χ4n) is 2.65. The quantitative estimate of drug-likeness (QED) is 0.375. The molecule has 1 saturated heterocycles. The van der Waals surface area contributed by atoms with E-state index in [0.29, 0.717) is 24.3 Å². The first-order chi connectivity index (χ1) is 10.6. The number of nitrogens with one attached hydrogen (secondary N) is 1. The summed E-state index contributed by atoms with van der Waals surface area (Å²) >= 11 is 1.33. The number of carboxylic acid groups (broad SMARTS) is 1. The predicted octanol–water partition coefficient (Wildman–Crippen LogP) is 1.07. The van der Waals surface area contributed by atoms with Gasteiger partial charge in [0.05, 0.1) is 11.5 Å². The molecule has 1 unspecified atom stereocenters. The second-order valence-electron chi connectivity index (χ2n) is 6.03. The number of allylic oxidation sites excluding steroid dienone is 1. The Kier molecular flexibility index (Phi) is 4.90. The van der Waals surface area contributed by atoms with Gasteiger partial charge in [-0.25, -0.2) is 4.79 Å². The van der Waals surface area contributed by atoms with E-state index in [0.717, 1.165) is 0 Å². The Balaban J connectivity index is 2.09. The van der Waals surface area contributed by atoms with Crippen molar-refractivity contribution in [2.75, 3.05) is 6.54 Å². The standard InChI is InChI=1S/C14H20N2O6S/c1-7(17)15-6-4-5-8-11(22-13(19)20)16-10(18)9(12(16)23-8)14(2,3)21/h9,12,21H,4-6H2,1-3H3,(H,15,17)(H,19,20)/t9?,12-/m0/s1. The third-order valence-corrected chi connectivity index (χ3v) is 5.05. The van der Waals surface area contributed by atoms with E-state index in [9.17, 15) is 19.5 Å². The van der Waals surface area contributed by atoms with Crippen LogP contribution in [0.4, 0.5) is 4.79 Å². The number of thioether (sulfide) groups is 1. The highest BCUT2D eigenvalue weighted by atomic mass is 32.2. The molecule has 0 spiro atoms. The minimum atomic E-state index is -1.49. The monoisotopic (exact) mass is 344 g/mol. The van der Waals surface area contributed by atoms with E-state index in [1.54, 1.807) is 13.8 Å². The SMILES string of the molecule is CC(=O)NCCCC1=C(OC(=O)O)N2C(=O)C(C(C)(C)O)[C@@H]2S1. The van der Waals surface area contributed by atoms with Gasteiger partial charge in [-0.15, -0.1) is 0 Å². The van der Waals surface area contributed by atoms with Crippen LogP contribution in [0.2, 0.25) is 0 Å². The lowest BCUT2D eigenvalue weighted by Gasteiger charge is -2.47. The third kappa shape index (κ3) is 3.61. The Morgan fingerprint density at radius 1 is 1.43 bits per heavy atom. The minimum Gasteiger partial charge on any atom is -0.449 e. The molecule has 1 fully saturated rings. The molecule has 3 N–H and O–H groups in total. The van der Waals surface area contributed by atoms with E-state index in [2.05, 4.69) is 5.32 Å². The molecule has 9 heteroatoms. The van der Waals surface area contributed by atoms with E-state index in [1.807, 2.05) is 0 Å². The molecule has 2 aliphatic rings. The maximum atomic E-state index is 12.2. The largest absolute Gasteiger partial charge is 0.512 e. The van der Waals surface area contributed by atoms with Crippen LogP contribution in [-0.2, 0) is 14.3 Å². The van der Waals surface area contributed by atoms with Gasteiger partial charge >= 0.3 is 6.16 Å². The summed E-state index contributed by atoms with van der Waals surface area (Å²) in [4.78, 5) is 35.9. The van der Waals surface area contributed by atoms with Gasteiger partial charge < -0.3 is 20.3 Å².